The van der Waals surface area contributed by atoms with Gasteiger partial charge in [0.15, 0.2) is 0 Å². The molecule has 1 fully saturated rings. The third kappa shape index (κ3) is 5.48. The molecule has 5 heteroatoms. The van der Waals surface area contributed by atoms with Crippen LogP contribution in [0.4, 0.5) is 0 Å². The Balaban J connectivity index is 2.12. The zero-order chi connectivity index (χ0) is 12.7. The Morgan fingerprint density at radius 3 is 2.65 bits per heavy atom. The van der Waals surface area contributed by atoms with E-state index in [0.29, 0.717) is 13.0 Å². The average Bonchev–Trinajstić information content (AvgIpc) is 2.30. The van der Waals surface area contributed by atoms with Crippen molar-refractivity contribution in [1.29, 1.82) is 0 Å². The number of nitrogens with zero attached hydrogens (tertiary/aromatic N) is 2. The molecule has 100 valence electrons. The third-order valence-electron chi connectivity index (χ3n) is 3.30. The summed E-state index contributed by atoms with van der Waals surface area (Å²) in [5, 5.41) is 8.75. The van der Waals surface area contributed by atoms with Gasteiger partial charge in [-0.05, 0) is 32.9 Å². The first-order valence-corrected chi connectivity index (χ1v) is 6.46. The summed E-state index contributed by atoms with van der Waals surface area (Å²) < 4.78 is 0. The number of carbonyl (C=O) groups excluding carboxylic acids is 1. The van der Waals surface area contributed by atoms with Crippen LogP contribution in [0.3, 0.4) is 0 Å². The Morgan fingerprint density at radius 1 is 1.41 bits per heavy atom. The summed E-state index contributed by atoms with van der Waals surface area (Å²) in [5.41, 5.74) is 5.80. The fraction of sp³-hybridized carbons (Fsp3) is 0.917. The van der Waals surface area contributed by atoms with Gasteiger partial charge in [-0.1, -0.05) is 0 Å². The second-order valence-corrected chi connectivity index (χ2v) is 4.85. The monoisotopic (exact) mass is 243 g/mol. The van der Waals surface area contributed by atoms with Crippen LogP contribution < -0.4 is 5.73 Å². The average molecular weight is 243 g/mol. The van der Waals surface area contributed by atoms with Crippen LogP contribution in [0.2, 0.25) is 0 Å². The summed E-state index contributed by atoms with van der Waals surface area (Å²) in [5.74, 6) is 0.245. The first-order chi connectivity index (χ1) is 8.13. The Bertz CT molecular complexity index is 228. The topological polar surface area (TPSA) is 69.8 Å². The molecule has 3 N–H and O–H groups in total. The maximum absolute atomic E-state index is 11.9. The van der Waals surface area contributed by atoms with E-state index in [1.807, 2.05) is 16.8 Å². The van der Waals surface area contributed by atoms with Crippen LogP contribution >= 0.6 is 0 Å². The van der Waals surface area contributed by atoms with Crippen molar-refractivity contribution in [2.24, 2.45) is 5.73 Å². The fourth-order valence-corrected chi connectivity index (χ4v) is 2.09. The predicted molar refractivity (Wildman–Crippen MR) is 67.6 cm³/mol. The molecule has 0 spiro atoms. The van der Waals surface area contributed by atoms with Crippen molar-refractivity contribution in [3.63, 3.8) is 0 Å². The van der Waals surface area contributed by atoms with Crippen LogP contribution in [-0.4, -0.2) is 66.7 Å². The molecule has 0 atom stereocenters. The molecule has 0 aromatic rings. The molecule has 0 aromatic heterocycles. The minimum Gasteiger partial charge on any atom is -0.395 e. The number of likely N-dealkylation sites (N-methyl/N-ethyl adjacent to an activating group) is 1. The summed E-state index contributed by atoms with van der Waals surface area (Å²) in [4.78, 5) is 15.8. The number of aliphatic hydroxyl groups is 1. The smallest absolute Gasteiger partial charge is 0.222 e. The van der Waals surface area contributed by atoms with Crippen molar-refractivity contribution >= 4 is 5.91 Å². The van der Waals surface area contributed by atoms with Crippen molar-refractivity contribution in [2.45, 2.75) is 31.7 Å². The summed E-state index contributed by atoms with van der Waals surface area (Å²) in [6.07, 6.45) is 3.31. The molecule has 0 aliphatic carbocycles. The standard InChI is InChI=1S/C12H25N3O2/c1-14(9-10-16)6-2-3-12(17)15-7-4-11(13)5-8-15/h11,16H,2-10,13H2,1H3. The minimum atomic E-state index is 0.175. The van der Waals surface area contributed by atoms with E-state index in [2.05, 4.69) is 0 Å². The first-order valence-electron chi connectivity index (χ1n) is 6.46. The number of carbonyl (C=O) groups is 1. The van der Waals surface area contributed by atoms with E-state index < -0.39 is 0 Å². The van der Waals surface area contributed by atoms with E-state index in [9.17, 15) is 4.79 Å². The number of rotatable bonds is 6. The molecule has 0 aromatic carbocycles. The van der Waals surface area contributed by atoms with Gasteiger partial charge in [0.1, 0.15) is 0 Å². The number of aliphatic hydroxyl groups excluding tert-OH is 1. The minimum absolute atomic E-state index is 0.175. The molecule has 0 saturated carbocycles. The third-order valence-corrected chi connectivity index (χ3v) is 3.30. The molecule has 1 saturated heterocycles. The van der Waals surface area contributed by atoms with E-state index in [4.69, 9.17) is 10.8 Å². The second kappa shape index (κ2) is 7.63. The highest BCUT2D eigenvalue weighted by Gasteiger charge is 2.19. The van der Waals surface area contributed by atoms with E-state index in [-0.39, 0.29) is 18.6 Å². The molecule has 1 heterocycles. The van der Waals surface area contributed by atoms with Crippen LogP contribution in [0.5, 0.6) is 0 Å². The lowest BCUT2D eigenvalue weighted by Gasteiger charge is -2.30. The van der Waals surface area contributed by atoms with Gasteiger partial charge in [0.25, 0.3) is 0 Å². The van der Waals surface area contributed by atoms with Gasteiger partial charge in [-0.25, -0.2) is 0 Å². The molecule has 1 rings (SSSR count). The summed E-state index contributed by atoms with van der Waals surface area (Å²) in [6, 6.07) is 0.273. The van der Waals surface area contributed by atoms with Crippen LogP contribution in [0.25, 0.3) is 0 Å². The molecule has 0 radical (unpaired) electrons. The van der Waals surface area contributed by atoms with Gasteiger partial charge in [-0.2, -0.15) is 0 Å². The zero-order valence-electron chi connectivity index (χ0n) is 10.8. The van der Waals surface area contributed by atoms with Gasteiger partial charge in [0, 0.05) is 32.1 Å². The number of likely N-dealkylation sites (tertiary alicyclic amines) is 1. The molecule has 0 unspecified atom stereocenters. The van der Waals surface area contributed by atoms with Gasteiger partial charge in [-0.3, -0.25) is 4.79 Å². The summed E-state index contributed by atoms with van der Waals surface area (Å²) >= 11 is 0. The van der Waals surface area contributed by atoms with Crippen LogP contribution in [0.1, 0.15) is 25.7 Å². The maximum Gasteiger partial charge on any atom is 0.222 e. The summed E-state index contributed by atoms with van der Waals surface area (Å²) in [7, 11) is 1.96. The normalized spacial score (nSPS) is 17.8. The molecule has 17 heavy (non-hydrogen) atoms. The highest BCUT2D eigenvalue weighted by molar-refractivity contribution is 5.76. The fourth-order valence-electron chi connectivity index (χ4n) is 2.09. The predicted octanol–water partition coefficient (Wildman–Crippen LogP) is -0.360. The van der Waals surface area contributed by atoms with Crippen molar-refractivity contribution in [1.82, 2.24) is 9.80 Å². The highest BCUT2D eigenvalue weighted by atomic mass is 16.3. The quantitative estimate of drug-likeness (QED) is 0.668. The highest BCUT2D eigenvalue weighted by Crippen LogP contribution is 2.10. The van der Waals surface area contributed by atoms with Gasteiger partial charge in [0.2, 0.25) is 5.91 Å². The Morgan fingerprint density at radius 2 is 2.06 bits per heavy atom. The Kier molecular flexibility index (Phi) is 6.47. The van der Waals surface area contributed by atoms with Crippen molar-refractivity contribution in [3.05, 3.63) is 0 Å². The van der Waals surface area contributed by atoms with Crippen molar-refractivity contribution in [2.75, 3.05) is 39.8 Å². The number of hydrogen-bond donors (Lipinski definition) is 2. The molecule has 1 aliphatic heterocycles. The molecule has 1 aliphatic rings. The summed E-state index contributed by atoms with van der Waals surface area (Å²) in [6.45, 7) is 3.33. The van der Waals surface area contributed by atoms with E-state index >= 15 is 0 Å². The van der Waals surface area contributed by atoms with Crippen molar-refractivity contribution < 1.29 is 9.90 Å². The number of nitrogens with two attached hydrogens (primary N) is 1. The van der Waals surface area contributed by atoms with Gasteiger partial charge < -0.3 is 20.6 Å². The lowest BCUT2D eigenvalue weighted by Crippen LogP contribution is -2.42. The van der Waals surface area contributed by atoms with Crippen LogP contribution in [-0.2, 0) is 4.79 Å². The molecule has 0 bridgehead atoms. The molecular formula is C12H25N3O2. The number of hydrogen-bond acceptors (Lipinski definition) is 4. The Hall–Kier alpha value is -0.650. The van der Waals surface area contributed by atoms with Crippen LogP contribution in [0.15, 0.2) is 0 Å². The number of piperidine rings is 1. The zero-order valence-corrected chi connectivity index (χ0v) is 10.8. The Labute approximate surface area is 104 Å². The molecule has 5 nitrogen and oxygen atoms in total. The lowest BCUT2D eigenvalue weighted by molar-refractivity contribution is -0.132. The maximum atomic E-state index is 11.9. The van der Waals surface area contributed by atoms with E-state index in [1.54, 1.807) is 0 Å². The van der Waals surface area contributed by atoms with Gasteiger partial charge >= 0.3 is 0 Å². The largest absolute Gasteiger partial charge is 0.395 e. The van der Waals surface area contributed by atoms with E-state index in [1.165, 1.54) is 0 Å². The lowest BCUT2D eigenvalue weighted by atomic mass is 10.1. The number of amides is 1. The molecule has 1 amide bonds. The first kappa shape index (κ1) is 14.4. The molecular weight excluding hydrogens is 218 g/mol. The SMILES string of the molecule is CN(CCO)CCCC(=O)N1CCC(N)CC1. The van der Waals surface area contributed by atoms with Crippen molar-refractivity contribution in [3.8, 4) is 0 Å². The van der Waals surface area contributed by atoms with E-state index in [0.717, 1.165) is 38.9 Å². The second-order valence-electron chi connectivity index (χ2n) is 4.85. The van der Waals surface area contributed by atoms with Crippen LogP contribution in [0, 0.1) is 0 Å². The van der Waals surface area contributed by atoms with Gasteiger partial charge in [0.05, 0.1) is 6.61 Å². The van der Waals surface area contributed by atoms with Gasteiger partial charge in [-0.15, -0.1) is 0 Å².